The second-order valence-electron chi connectivity index (χ2n) is 6.00. The van der Waals surface area contributed by atoms with Crippen molar-refractivity contribution in [2.45, 2.75) is 45.7 Å². The smallest absolute Gasteiger partial charge is 0.0224 e. The van der Waals surface area contributed by atoms with Crippen LogP contribution >= 0.6 is 0 Å². The van der Waals surface area contributed by atoms with E-state index < -0.39 is 0 Å². The number of nitrogens with zero attached hydrogens (tertiary/aromatic N) is 2. The molecule has 0 spiro atoms. The van der Waals surface area contributed by atoms with Crippen molar-refractivity contribution < 1.29 is 0 Å². The first-order valence-corrected chi connectivity index (χ1v) is 7.40. The lowest BCUT2D eigenvalue weighted by Gasteiger charge is -2.39. The van der Waals surface area contributed by atoms with Gasteiger partial charge < -0.3 is 5.32 Å². The van der Waals surface area contributed by atoms with Crippen molar-refractivity contribution in [2.75, 3.05) is 39.3 Å². The van der Waals surface area contributed by atoms with E-state index in [9.17, 15) is 0 Å². The third-order valence-electron chi connectivity index (χ3n) is 4.40. The van der Waals surface area contributed by atoms with Crippen molar-refractivity contribution in [1.29, 1.82) is 0 Å². The van der Waals surface area contributed by atoms with Gasteiger partial charge in [0.2, 0.25) is 0 Å². The molecular formula is C14H29N3. The van der Waals surface area contributed by atoms with Crippen LogP contribution in [0.4, 0.5) is 0 Å². The molecule has 0 radical (unpaired) electrons. The van der Waals surface area contributed by atoms with Gasteiger partial charge in [0.1, 0.15) is 0 Å². The molecule has 0 aromatic rings. The van der Waals surface area contributed by atoms with Crippen LogP contribution in [0.2, 0.25) is 0 Å². The fraction of sp³-hybridized carbons (Fsp3) is 1.00. The number of rotatable bonds is 5. The Morgan fingerprint density at radius 3 is 2.76 bits per heavy atom. The van der Waals surface area contributed by atoms with Gasteiger partial charge >= 0.3 is 0 Å². The molecule has 1 N–H and O–H groups in total. The molecule has 0 aromatic carbocycles. The molecule has 2 aliphatic heterocycles. The van der Waals surface area contributed by atoms with Crippen LogP contribution in [-0.2, 0) is 0 Å². The van der Waals surface area contributed by atoms with Gasteiger partial charge in [0.15, 0.2) is 0 Å². The molecule has 100 valence electrons. The van der Waals surface area contributed by atoms with Crippen molar-refractivity contribution in [3.63, 3.8) is 0 Å². The maximum absolute atomic E-state index is 3.63. The first kappa shape index (κ1) is 13.3. The largest absolute Gasteiger partial charge is 0.313 e. The zero-order chi connectivity index (χ0) is 12.3. The molecule has 3 nitrogen and oxygen atoms in total. The second-order valence-corrected chi connectivity index (χ2v) is 6.00. The van der Waals surface area contributed by atoms with E-state index in [4.69, 9.17) is 0 Å². The van der Waals surface area contributed by atoms with Gasteiger partial charge in [0.05, 0.1) is 0 Å². The molecule has 0 amide bonds. The number of hydrogen-bond acceptors (Lipinski definition) is 3. The maximum Gasteiger partial charge on any atom is 0.0224 e. The van der Waals surface area contributed by atoms with Gasteiger partial charge in [0.25, 0.3) is 0 Å². The fourth-order valence-electron chi connectivity index (χ4n) is 3.27. The van der Waals surface area contributed by atoms with Crippen molar-refractivity contribution in [1.82, 2.24) is 15.1 Å². The highest BCUT2D eigenvalue weighted by atomic mass is 15.3. The number of piperazine rings is 1. The Hall–Kier alpha value is -0.120. The molecule has 2 heterocycles. The Morgan fingerprint density at radius 2 is 2.06 bits per heavy atom. The number of hydrogen-bond donors (Lipinski definition) is 1. The summed E-state index contributed by atoms with van der Waals surface area (Å²) in [6.07, 6.45) is 2.84. The number of likely N-dealkylation sites (N-methyl/N-ethyl adjacent to an activating group) is 1. The highest BCUT2D eigenvalue weighted by Crippen LogP contribution is 2.21. The minimum Gasteiger partial charge on any atom is -0.313 e. The van der Waals surface area contributed by atoms with Crippen LogP contribution in [0.25, 0.3) is 0 Å². The minimum absolute atomic E-state index is 0.660. The molecule has 17 heavy (non-hydrogen) atoms. The molecule has 0 aliphatic carbocycles. The molecule has 0 aromatic heterocycles. The summed E-state index contributed by atoms with van der Waals surface area (Å²) in [4.78, 5) is 5.37. The molecule has 2 saturated heterocycles. The van der Waals surface area contributed by atoms with E-state index in [0.29, 0.717) is 6.04 Å². The van der Waals surface area contributed by atoms with Gasteiger partial charge in [-0.3, -0.25) is 9.80 Å². The maximum atomic E-state index is 3.63. The quantitative estimate of drug-likeness (QED) is 0.782. The standard InChI is InChI=1S/C14H29N3/c1-4-15-14(12(2)3)11-16-8-9-17-7-5-6-13(17)10-16/h12-15H,4-11H2,1-3H3. The van der Waals surface area contributed by atoms with Crippen LogP contribution < -0.4 is 5.32 Å². The Bertz CT molecular complexity index is 230. The molecular weight excluding hydrogens is 210 g/mol. The first-order chi connectivity index (χ1) is 8.20. The monoisotopic (exact) mass is 239 g/mol. The van der Waals surface area contributed by atoms with E-state index in [-0.39, 0.29) is 0 Å². The predicted molar refractivity (Wildman–Crippen MR) is 73.3 cm³/mol. The highest BCUT2D eigenvalue weighted by Gasteiger charge is 2.31. The topological polar surface area (TPSA) is 18.5 Å². The normalized spacial score (nSPS) is 28.6. The molecule has 2 aliphatic rings. The number of fused-ring (bicyclic) bond motifs is 1. The Kier molecular flexibility index (Phi) is 4.83. The Morgan fingerprint density at radius 1 is 1.24 bits per heavy atom. The lowest BCUT2D eigenvalue weighted by atomic mass is 10.0. The van der Waals surface area contributed by atoms with Gasteiger partial charge in [-0.15, -0.1) is 0 Å². The molecule has 2 fully saturated rings. The van der Waals surface area contributed by atoms with Crippen LogP contribution in [0.3, 0.4) is 0 Å². The third-order valence-corrected chi connectivity index (χ3v) is 4.40. The van der Waals surface area contributed by atoms with Gasteiger partial charge in [-0.25, -0.2) is 0 Å². The molecule has 0 saturated carbocycles. The van der Waals surface area contributed by atoms with E-state index in [0.717, 1.165) is 18.5 Å². The summed E-state index contributed by atoms with van der Waals surface area (Å²) in [6, 6.07) is 1.52. The van der Waals surface area contributed by atoms with Crippen molar-refractivity contribution in [2.24, 2.45) is 5.92 Å². The average Bonchev–Trinajstić information content (AvgIpc) is 2.75. The lowest BCUT2D eigenvalue weighted by molar-refractivity contribution is 0.0914. The average molecular weight is 239 g/mol. The van der Waals surface area contributed by atoms with Crippen LogP contribution in [0, 0.1) is 5.92 Å². The van der Waals surface area contributed by atoms with E-state index in [1.807, 2.05) is 0 Å². The molecule has 2 atom stereocenters. The van der Waals surface area contributed by atoms with E-state index in [1.54, 1.807) is 0 Å². The van der Waals surface area contributed by atoms with Crippen LogP contribution in [0.5, 0.6) is 0 Å². The van der Waals surface area contributed by atoms with Gasteiger partial charge in [-0.2, -0.15) is 0 Å². The zero-order valence-electron chi connectivity index (χ0n) is 11.8. The van der Waals surface area contributed by atoms with Crippen molar-refractivity contribution >= 4 is 0 Å². The number of nitrogens with one attached hydrogen (secondary N) is 1. The van der Waals surface area contributed by atoms with E-state index >= 15 is 0 Å². The summed E-state index contributed by atoms with van der Waals surface area (Å²) in [5.41, 5.74) is 0. The van der Waals surface area contributed by atoms with Crippen LogP contribution in [0.15, 0.2) is 0 Å². The summed E-state index contributed by atoms with van der Waals surface area (Å²) < 4.78 is 0. The predicted octanol–water partition coefficient (Wildman–Crippen LogP) is 1.40. The van der Waals surface area contributed by atoms with Gasteiger partial charge in [-0.1, -0.05) is 20.8 Å². The Labute approximate surface area is 107 Å². The zero-order valence-corrected chi connectivity index (χ0v) is 11.8. The molecule has 2 unspecified atom stereocenters. The van der Waals surface area contributed by atoms with Crippen LogP contribution in [0.1, 0.15) is 33.6 Å². The van der Waals surface area contributed by atoms with Crippen molar-refractivity contribution in [3.05, 3.63) is 0 Å². The SMILES string of the molecule is CCNC(CN1CCN2CCCC2C1)C(C)C. The summed E-state index contributed by atoms with van der Waals surface area (Å²) in [7, 11) is 0. The molecule has 3 heteroatoms. The summed E-state index contributed by atoms with van der Waals surface area (Å²) >= 11 is 0. The first-order valence-electron chi connectivity index (χ1n) is 7.40. The third kappa shape index (κ3) is 3.43. The van der Waals surface area contributed by atoms with E-state index in [2.05, 4.69) is 35.9 Å². The minimum atomic E-state index is 0.660. The summed E-state index contributed by atoms with van der Waals surface area (Å²) in [5.74, 6) is 0.733. The lowest BCUT2D eigenvalue weighted by Crippen LogP contribution is -2.54. The van der Waals surface area contributed by atoms with Crippen LogP contribution in [-0.4, -0.2) is 61.2 Å². The van der Waals surface area contributed by atoms with E-state index in [1.165, 1.54) is 45.6 Å². The Balaban J connectivity index is 1.81. The van der Waals surface area contributed by atoms with Gasteiger partial charge in [0, 0.05) is 38.3 Å². The highest BCUT2D eigenvalue weighted by molar-refractivity contribution is 4.88. The summed E-state index contributed by atoms with van der Waals surface area (Å²) in [6.45, 7) is 14.4. The second kappa shape index (κ2) is 6.17. The fourth-order valence-corrected chi connectivity index (χ4v) is 3.27. The molecule has 0 bridgehead atoms. The van der Waals surface area contributed by atoms with Crippen molar-refractivity contribution in [3.8, 4) is 0 Å². The van der Waals surface area contributed by atoms with Gasteiger partial charge in [-0.05, 0) is 31.8 Å². The molecule has 2 rings (SSSR count). The summed E-state index contributed by atoms with van der Waals surface area (Å²) in [5, 5.41) is 3.63.